The Balaban J connectivity index is 1.36. The largest absolute Gasteiger partial charge is 0.455 e. The molecular formula is C26H9F3N2O4S4. The number of nitrogens with zero attached hydrogens (tertiary/aromatic N) is 2. The lowest BCUT2D eigenvalue weighted by atomic mass is 10.1. The zero-order valence-electron chi connectivity index (χ0n) is 19.3. The van der Waals surface area contributed by atoms with Gasteiger partial charge in [0.15, 0.2) is 5.78 Å². The van der Waals surface area contributed by atoms with Gasteiger partial charge in [-0.1, -0.05) is 0 Å². The van der Waals surface area contributed by atoms with Crippen molar-refractivity contribution in [2.45, 2.75) is 13.1 Å². The van der Waals surface area contributed by atoms with Crippen LogP contribution in [-0.2, 0) is 0 Å². The Labute approximate surface area is 230 Å². The summed E-state index contributed by atoms with van der Waals surface area (Å²) < 4.78 is 39.6. The molecule has 0 N–H and O–H groups in total. The van der Waals surface area contributed by atoms with E-state index in [1.54, 1.807) is 24.3 Å². The molecule has 192 valence electrons. The van der Waals surface area contributed by atoms with Crippen LogP contribution in [0.5, 0.6) is 0 Å². The second-order valence-electron chi connectivity index (χ2n) is 8.71. The fraction of sp³-hybridized carbons (Fsp3) is 0.0769. The zero-order chi connectivity index (χ0) is 27.4. The summed E-state index contributed by atoms with van der Waals surface area (Å²) in [5, 5.41) is 2.89. The molecule has 0 aliphatic carbocycles. The Kier molecular flexibility index (Phi) is 5.12. The maximum atomic E-state index is 13.3. The number of fused-ring (bicyclic) bond motifs is 6. The molecule has 0 atom stereocenters. The van der Waals surface area contributed by atoms with Crippen molar-refractivity contribution < 1.29 is 22.8 Å². The molecular weight excluding hydrogens is 590 g/mol. The number of Topliss-reactive ketones (excluding diaryl/α,β-unsaturated/α-hetero) is 2. The Morgan fingerprint density at radius 3 is 1.59 bits per heavy atom. The van der Waals surface area contributed by atoms with Gasteiger partial charge in [-0.15, -0.1) is 45.3 Å². The van der Waals surface area contributed by atoms with Gasteiger partial charge in [0, 0.05) is 21.5 Å². The molecule has 0 fully saturated rings. The van der Waals surface area contributed by atoms with Gasteiger partial charge < -0.3 is 0 Å². The van der Waals surface area contributed by atoms with Crippen LogP contribution < -0.4 is 10.9 Å². The summed E-state index contributed by atoms with van der Waals surface area (Å²) in [5.41, 5.74) is -0.153. The number of rotatable bonds is 4. The molecule has 4 heterocycles. The molecule has 0 radical (unpaired) electrons. The van der Waals surface area contributed by atoms with Crippen LogP contribution >= 0.6 is 45.3 Å². The van der Waals surface area contributed by atoms with Crippen molar-refractivity contribution >= 4 is 98.9 Å². The van der Waals surface area contributed by atoms with Crippen LogP contribution in [0.2, 0.25) is 0 Å². The highest BCUT2D eigenvalue weighted by molar-refractivity contribution is 7.27. The van der Waals surface area contributed by atoms with Crippen LogP contribution in [0.4, 0.5) is 13.2 Å². The van der Waals surface area contributed by atoms with Crippen molar-refractivity contribution in [2.24, 2.45) is 0 Å². The van der Waals surface area contributed by atoms with E-state index >= 15 is 0 Å². The molecule has 4 aromatic heterocycles. The summed E-state index contributed by atoms with van der Waals surface area (Å²) in [5.74, 6) is -1.98. The van der Waals surface area contributed by atoms with Crippen molar-refractivity contribution in [1.29, 1.82) is 0 Å². The van der Waals surface area contributed by atoms with Crippen molar-refractivity contribution in [3.63, 3.8) is 0 Å². The third-order valence-corrected chi connectivity index (χ3v) is 11.1. The first-order valence-corrected chi connectivity index (χ1v) is 14.4. The molecule has 0 saturated heterocycles. The van der Waals surface area contributed by atoms with E-state index < -0.39 is 16.8 Å². The summed E-state index contributed by atoms with van der Waals surface area (Å²) >= 11 is 4.42. The van der Waals surface area contributed by atoms with E-state index in [1.165, 1.54) is 35.7 Å². The van der Waals surface area contributed by atoms with Crippen LogP contribution in [-0.4, -0.2) is 27.7 Å². The minimum atomic E-state index is -4.98. The number of aromatic nitrogens is 2. The minimum absolute atomic E-state index is 0.0515. The Hall–Kier alpha value is -3.65. The number of halogens is 3. The van der Waals surface area contributed by atoms with Crippen LogP contribution in [0.25, 0.3) is 61.7 Å². The van der Waals surface area contributed by atoms with E-state index in [1.807, 2.05) is 0 Å². The highest BCUT2D eigenvalue weighted by Crippen LogP contribution is 2.42. The molecule has 0 saturated carbocycles. The van der Waals surface area contributed by atoms with Gasteiger partial charge >= 0.3 is 6.18 Å². The molecule has 0 aliphatic heterocycles. The molecule has 13 heteroatoms. The van der Waals surface area contributed by atoms with Crippen LogP contribution in [0, 0.1) is 0 Å². The molecule has 7 rings (SSSR count). The Morgan fingerprint density at radius 2 is 1.15 bits per heavy atom. The van der Waals surface area contributed by atoms with E-state index in [-0.39, 0.29) is 22.2 Å². The molecule has 6 nitrogen and oxygen atoms in total. The number of thiazole rings is 2. The molecule has 0 aliphatic rings. The first-order chi connectivity index (χ1) is 18.5. The van der Waals surface area contributed by atoms with Gasteiger partial charge in [-0.05, 0) is 43.3 Å². The third-order valence-electron chi connectivity index (χ3n) is 6.28. The number of carbonyl (C=O) groups is 2. The van der Waals surface area contributed by atoms with Crippen LogP contribution in [0.1, 0.15) is 26.3 Å². The van der Waals surface area contributed by atoms with Gasteiger partial charge in [0.05, 0.1) is 28.9 Å². The summed E-state index contributed by atoms with van der Waals surface area (Å²) in [4.78, 5) is 60.0. The third kappa shape index (κ3) is 3.57. The highest BCUT2D eigenvalue weighted by atomic mass is 32.1. The lowest BCUT2D eigenvalue weighted by molar-refractivity contribution is -0.0882. The van der Waals surface area contributed by atoms with E-state index in [9.17, 15) is 32.3 Å². The normalized spacial score (nSPS) is 12.5. The zero-order valence-corrected chi connectivity index (χ0v) is 22.5. The highest BCUT2D eigenvalue weighted by Gasteiger charge is 2.40. The summed E-state index contributed by atoms with van der Waals surface area (Å²) in [6.45, 7) is 1.48. The molecule has 39 heavy (non-hydrogen) atoms. The predicted molar refractivity (Wildman–Crippen MR) is 150 cm³/mol. The van der Waals surface area contributed by atoms with Crippen molar-refractivity contribution in [3.8, 4) is 19.8 Å². The monoisotopic (exact) mass is 598 g/mol. The lowest BCUT2D eigenvalue weighted by Gasteiger charge is -2.01. The van der Waals surface area contributed by atoms with E-state index in [4.69, 9.17) is 0 Å². The summed E-state index contributed by atoms with van der Waals surface area (Å²) in [6, 6.07) is 9.32. The Bertz CT molecular complexity index is 2280. The second-order valence-corrected chi connectivity index (χ2v) is 12.9. The van der Waals surface area contributed by atoms with Gasteiger partial charge in [-0.2, -0.15) is 13.2 Å². The van der Waals surface area contributed by atoms with Crippen molar-refractivity contribution in [2.75, 3.05) is 0 Å². The van der Waals surface area contributed by atoms with Gasteiger partial charge in [-0.3, -0.25) is 19.2 Å². The lowest BCUT2D eigenvalue weighted by Crippen LogP contribution is -2.21. The van der Waals surface area contributed by atoms with Crippen molar-refractivity contribution in [3.05, 3.63) is 66.6 Å². The number of carbonyl (C=O) groups excluding carboxylic acids is 2. The van der Waals surface area contributed by atoms with Crippen molar-refractivity contribution in [1.82, 2.24) is 9.97 Å². The quantitative estimate of drug-likeness (QED) is 0.199. The molecule has 0 amide bonds. The maximum absolute atomic E-state index is 13.3. The average molecular weight is 599 g/mol. The van der Waals surface area contributed by atoms with E-state index in [2.05, 4.69) is 9.97 Å². The fourth-order valence-corrected chi connectivity index (χ4v) is 8.65. The smallest absolute Gasteiger partial charge is 0.294 e. The van der Waals surface area contributed by atoms with Gasteiger partial charge in [0.1, 0.15) is 21.0 Å². The standard InChI is InChI=1S/C26H9F3N2O4S4/c1-8(32)13-2-4-15(36-13)24-30-17-19(33)9-7-12-10(6-11(9)21(17)38-24)20(34)18-22(12)39-25(31-18)16-5-3-14(37-16)23(35)26(27,28)29/h2-7H,1H3. The predicted octanol–water partition coefficient (Wildman–Crippen LogP) is 7.21. The number of hydrogen-bond acceptors (Lipinski definition) is 10. The molecule has 0 unspecified atom stereocenters. The molecule has 0 bridgehead atoms. The molecule has 3 aromatic carbocycles. The number of alkyl halides is 3. The van der Waals surface area contributed by atoms with Gasteiger partial charge in [0.25, 0.3) is 5.78 Å². The van der Waals surface area contributed by atoms with Gasteiger partial charge in [-0.25, -0.2) is 9.97 Å². The molecule has 0 spiro atoms. The first-order valence-electron chi connectivity index (χ1n) is 11.1. The number of benzene rings is 1. The van der Waals surface area contributed by atoms with E-state index in [0.717, 1.165) is 22.3 Å². The van der Waals surface area contributed by atoms with E-state index in [0.29, 0.717) is 67.6 Å². The van der Waals surface area contributed by atoms with Crippen LogP contribution in [0.3, 0.4) is 0 Å². The summed E-state index contributed by atoms with van der Waals surface area (Å²) in [6.07, 6.45) is -4.98. The molecule has 7 aromatic rings. The average Bonchev–Trinajstić information content (AvgIpc) is 3.71. The second kappa shape index (κ2) is 8.18. The summed E-state index contributed by atoms with van der Waals surface area (Å²) in [7, 11) is 0. The number of ketones is 2. The maximum Gasteiger partial charge on any atom is 0.455 e. The Morgan fingerprint density at radius 1 is 0.692 bits per heavy atom. The fourth-order valence-electron chi connectivity index (χ4n) is 4.49. The minimum Gasteiger partial charge on any atom is -0.294 e. The van der Waals surface area contributed by atoms with Crippen LogP contribution in [0.15, 0.2) is 46.0 Å². The number of thiophene rings is 2. The SMILES string of the molecule is CC(=O)c1ccc(-c2nc3c(=O)c4cc5c(cc4c3s2)c(=O)c2nc(-c3ccc(C(=O)C(F)(F)F)s3)sc25)s1. The number of hydrogen-bond donors (Lipinski definition) is 0. The van der Waals surface area contributed by atoms with Gasteiger partial charge in [0.2, 0.25) is 10.9 Å². The first kappa shape index (κ1) is 24.4. The topological polar surface area (TPSA) is 94.1 Å².